The number of unbranched alkanes of at least 4 members (excludes halogenated alkanes) is 3. The summed E-state index contributed by atoms with van der Waals surface area (Å²) in [4.78, 5) is 12.6. The van der Waals surface area contributed by atoms with E-state index in [2.05, 4.69) is 13.8 Å². The van der Waals surface area contributed by atoms with Gasteiger partial charge in [0.15, 0.2) is 11.5 Å². The van der Waals surface area contributed by atoms with Crippen molar-refractivity contribution in [3.8, 4) is 11.5 Å². The Kier molecular flexibility index (Phi) is 10.5. The van der Waals surface area contributed by atoms with Gasteiger partial charge in [0.1, 0.15) is 0 Å². The molecule has 2 saturated carbocycles. The maximum absolute atomic E-state index is 14.5. The van der Waals surface area contributed by atoms with Gasteiger partial charge in [-0.1, -0.05) is 58.8 Å². The zero-order valence-corrected chi connectivity index (χ0v) is 20.6. The van der Waals surface area contributed by atoms with E-state index < -0.39 is 17.6 Å². The molecule has 0 bridgehead atoms. The highest BCUT2D eigenvalue weighted by atomic mass is 19.2. The van der Waals surface area contributed by atoms with Crippen LogP contribution >= 0.6 is 0 Å². The number of rotatable bonds is 11. The van der Waals surface area contributed by atoms with Gasteiger partial charge in [0.05, 0.1) is 12.5 Å². The number of benzene rings is 1. The Morgan fingerprint density at radius 3 is 2.06 bits per heavy atom. The molecule has 3 rings (SSSR count). The third-order valence-corrected chi connectivity index (χ3v) is 7.84. The number of esters is 1. The Bertz CT molecular complexity index is 735. The predicted octanol–water partition coefficient (Wildman–Crippen LogP) is 8.24. The highest BCUT2D eigenvalue weighted by Crippen LogP contribution is 2.42. The molecule has 1 aromatic carbocycles. The summed E-state index contributed by atoms with van der Waals surface area (Å²) in [6.07, 6.45) is 15.6. The molecule has 0 unspecified atom stereocenters. The van der Waals surface area contributed by atoms with Gasteiger partial charge in [-0.25, -0.2) is 0 Å². The van der Waals surface area contributed by atoms with Gasteiger partial charge >= 0.3 is 5.97 Å². The van der Waals surface area contributed by atoms with Crippen LogP contribution in [0.25, 0.3) is 0 Å². The maximum Gasteiger partial charge on any atom is 0.314 e. The van der Waals surface area contributed by atoms with E-state index in [1.54, 1.807) is 0 Å². The Labute approximate surface area is 198 Å². The number of carbonyl (C=O) groups is 1. The summed E-state index contributed by atoms with van der Waals surface area (Å²) in [6.45, 7) is 4.73. The SMILES string of the molecule is CCCCCCOc1ccc(OC(=O)[C@H]2CC[C@H]([C@H]3CC[C@H](CCC)CC3)CC2)c(F)c1F. The van der Waals surface area contributed by atoms with Crippen molar-refractivity contribution in [3.63, 3.8) is 0 Å². The number of hydrogen-bond acceptors (Lipinski definition) is 3. The Balaban J connectivity index is 1.44. The lowest BCUT2D eigenvalue weighted by Crippen LogP contribution is -2.30. The van der Waals surface area contributed by atoms with Crippen LogP contribution in [0.5, 0.6) is 11.5 Å². The normalized spacial score (nSPS) is 25.6. The molecule has 3 nitrogen and oxygen atoms in total. The summed E-state index contributed by atoms with van der Waals surface area (Å²) in [5.41, 5.74) is 0. The third-order valence-electron chi connectivity index (χ3n) is 7.84. The van der Waals surface area contributed by atoms with Crippen LogP contribution in [0.1, 0.15) is 104 Å². The van der Waals surface area contributed by atoms with Crippen LogP contribution in [-0.4, -0.2) is 12.6 Å². The molecule has 0 aromatic heterocycles. The number of ether oxygens (including phenoxy) is 2. The number of carbonyl (C=O) groups excluding carboxylic acids is 1. The monoisotopic (exact) mass is 464 g/mol. The minimum atomic E-state index is -1.15. The minimum absolute atomic E-state index is 0.127. The maximum atomic E-state index is 14.5. The summed E-state index contributed by atoms with van der Waals surface area (Å²) in [7, 11) is 0. The first kappa shape index (κ1) is 26.0. The standard InChI is InChI=1S/C28H42F2O3/c1-3-5-6-7-19-32-24-17-18-25(27(30)26(24)29)33-28(31)23-15-13-22(14-16-23)21-11-9-20(8-4-2)10-12-21/h17-18,20-23H,3-16,19H2,1-2H3/t20-,21-,22-,23-. The van der Waals surface area contributed by atoms with Gasteiger partial charge in [-0.15, -0.1) is 0 Å². The molecule has 186 valence electrons. The van der Waals surface area contributed by atoms with Gasteiger partial charge in [0, 0.05) is 0 Å². The molecule has 2 aliphatic rings. The molecule has 5 heteroatoms. The summed E-state index contributed by atoms with van der Waals surface area (Å²) >= 11 is 0. The fourth-order valence-electron chi connectivity index (χ4n) is 5.79. The minimum Gasteiger partial charge on any atom is -0.490 e. The van der Waals surface area contributed by atoms with Gasteiger partial charge in [0.25, 0.3) is 0 Å². The summed E-state index contributed by atoms with van der Waals surface area (Å²) < 4.78 is 39.5. The fraction of sp³-hybridized carbons (Fsp3) is 0.750. The molecule has 0 radical (unpaired) electrons. The van der Waals surface area contributed by atoms with E-state index in [1.165, 1.54) is 50.7 Å². The molecule has 0 spiro atoms. The lowest BCUT2D eigenvalue weighted by atomic mass is 9.69. The van der Waals surface area contributed by atoms with Crippen LogP contribution in [0, 0.1) is 35.3 Å². The molecule has 1 aromatic rings. The smallest absolute Gasteiger partial charge is 0.314 e. The number of hydrogen-bond donors (Lipinski definition) is 0. The second kappa shape index (κ2) is 13.3. The quantitative estimate of drug-likeness (QED) is 0.188. The van der Waals surface area contributed by atoms with Crippen molar-refractivity contribution in [1.82, 2.24) is 0 Å². The van der Waals surface area contributed by atoms with E-state index in [4.69, 9.17) is 9.47 Å². The third kappa shape index (κ3) is 7.42. The molecule has 0 atom stereocenters. The molecular weight excluding hydrogens is 422 g/mol. The van der Waals surface area contributed by atoms with Crippen LogP contribution in [0.4, 0.5) is 8.78 Å². The first-order valence-electron chi connectivity index (χ1n) is 13.4. The van der Waals surface area contributed by atoms with E-state index in [1.807, 2.05) is 0 Å². The largest absolute Gasteiger partial charge is 0.490 e. The van der Waals surface area contributed by atoms with E-state index in [0.29, 0.717) is 12.5 Å². The Morgan fingerprint density at radius 1 is 0.818 bits per heavy atom. The van der Waals surface area contributed by atoms with Gasteiger partial charge in [0.2, 0.25) is 11.6 Å². The van der Waals surface area contributed by atoms with Crippen molar-refractivity contribution in [2.24, 2.45) is 23.7 Å². The Hall–Kier alpha value is -1.65. The predicted molar refractivity (Wildman–Crippen MR) is 127 cm³/mol. The van der Waals surface area contributed by atoms with Crippen molar-refractivity contribution in [1.29, 1.82) is 0 Å². The lowest BCUT2D eigenvalue weighted by Gasteiger charge is -2.37. The molecule has 0 N–H and O–H groups in total. The lowest BCUT2D eigenvalue weighted by molar-refractivity contribution is -0.140. The first-order valence-corrected chi connectivity index (χ1v) is 13.4. The average molecular weight is 465 g/mol. The van der Waals surface area contributed by atoms with E-state index in [0.717, 1.165) is 63.2 Å². The second-order valence-corrected chi connectivity index (χ2v) is 10.2. The van der Waals surface area contributed by atoms with Gasteiger partial charge < -0.3 is 9.47 Å². The average Bonchev–Trinajstić information content (AvgIpc) is 2.84. The van der Waals surface area contributed by atoms with Crippen molar-refractivity contribution >= 4 is 5.97 Å². The molecular formula is C28H42F2O3. The molecule has 33 heavy (non-hydrogen) atoms. The van der Waals surface area contributed by atoms with Crippen LogP contribution < -0.4 is 9.47 Å². The zero-order valence-electron chi connectivity index (χ0n) is 20.6. The van der Waals surface area contributed by atoms with Crippen molar-refractivity contribution in [2.45, 2.75) is 104 Å². The van der Waals surface area contributed by atoms with Crippen molar-refractivity contribution < 1.29 is 23.0 Å². The first-order chi connectivity index (χ1) is 16.0. The van der Waals surface area contributed by atoms with E-state index >= 15 is 0 Å². The summed E-state index contributed by atoms with van der Waals surface area (Å²) in [6, 6.07) is 2.66. The van der Waals surface area contributed by atoms with Crippen LogP contribution in [0.3, 0.4) is 0 Å². The van der Waals surface area contributed by atoms with Gasteiger partial charge in [-0.2, -0.15) is 8.78 Å². The van der Waals surface area contributed by atoms with Gasteiger partial charge in [-0.3, -0.25) is 4.79 Å². The molecule has 2 fully saturated rings. The van der Waals surface area contributed by atoms with Gasteiger partial charge in [-0.05, 0) is 74.8 Å². The fourth-order valence-corrected chi connectivity index (χ4v) is 5.79. The molecule has 0 aliphatic heterocycles. The molecule has 0 saturated heterocycles. The Morgan fingerprint density at radius 2 is 1.42 bits per heavy atom. The zero-order chi connectivity index (χ0) is 23.6. The topological polar surface area (TPSA) is 35.5 Å². The van der Waals surface area contributed by atoms with Crippen LogP contribution in [0.2, 0.25) is 0 Å². The second-order valence-electron chi connectivity index (χ2n) is 10.2. The molecule has 0 heterocycles. The molecule has 0 amide bonds. The van der Waals surface area contributed by atoms with E-state index in [9.17, 15) is 13.6 Å². The summed E-state index contributed by atoms with van der Waals surface area (Å²) in [5.74, 6) is -0.974. The summed E-state index contributed by atoms with van der Waals surface area (Å²) in [5, 5.41) is 0. The van der Waals surface area contributed by atoms with Crippen molar-refractivity contribution in [2.75, 3.05) is 6.61 Å². The van der Waals surface area contributed by atoms with Crippen molar-refractivity contribution in [3.05, 3.63) is 23.8 Å². The highest BCUT2D eigenvalue weighted by Gasteiger charge is 2.34. The molecule has 2 aliphatic carbocycles. The van der Waals surface area contributed by atoms with E-state index in [-0.39, 0.29) is 17.4 Å². The van der Waals surface area contributed by atoms with Crippen LogP contribution in [0.15, 0.2) is 12.1 Å². The highest BCUT2D eigenvalue weighted by molar-refractivity contribution is 5.75. The number of halogens is 2. The van der Waals surface area contributed by atoms with Crippen LogP contribution in [-0.2, 0) is 4.79 Å².